The van der Waals surface area contributed by atoms with Crippen LogP contribution in [0.15, 0.2) is 207 Å². The van der Waals surface area contributed by atoms with Crippen LogP contribution in [0.3, 0.4) is 0 Å². The van der Waals surface area contributed by atoms with Gasteiger partial charge in [0.25, 0.3) is 0 Å². The molecule has 3 heterocycles. The summed E-state index contributed by atoms with van der Waals surface area (Å²) in [5, 5.41) is 0. The molecule has 0 radical (unpaired) electrons. The molecule has 4 heteroatoms. The summed E-state index contributed by atoms with van der Waals surface area (Å²) >= 11 is 0. The van der Waals surface area contributed by atoms with Crippen LogP contribution in [0.4, 0.5) is 0 Å². The molecule has 2 unspecified atom stereocenters. The van der Waals surface area contributed by atoms with Crippen LogP contribution in [0.1, 0.15) is 60.5 Å². The Kier molecular flexibility index (Phi) is 13.4. The first-order valence-corrected chi connectivity index (χ1v) is 21.5. The molecule has 308 valence electrons. The second kappa shape index (κ2) is 19.6. The normalized spacial score (nSPS) is 13.0. The standard InChI is InChI=1S/C59H48N3.Ir/c1-58(52-21-7-4-8-22-52,56-26-9-11-40-60-56)39-37-54-24-15-25-55(62-54)51-20-13-16-44(42-51)36-38-59(2,57-27-10-12-41-61-57)53-23-14-19-50(43-53)49-34-32-48(33-35-49)47-30-28-46(29-31-47)45-17-5-3-6-18-45;/h3-21,24-35,40-41,43H,36-39H2,1-2H3;/q-3;+3. The van der Waals surface area contributed by atoms with Crippen molar-refractivity contribution in [1.82, 2.24) is 15.0 Å². The monoisotopic (exact) mass is 991 g/mol. The topological polar surface area (TPSA) is 38.7 Å². The maximum absolute atomic E-state index is 5.18. The third-order valence-corrected chi connectivity index (χ3v) is 12.4. The zero-order chi connectivity index (χ0) is 42.2. The maximum Gasteiger partial charge on any atom is 3.00 e. The molecule has 9 aromatic rings. The number of rotatable bonds is 14. The summed E-state index contributed by atoms with van der Waals surface area (Å²) in [5.74, 6) is 0. The Balaban J connectivity index is 0.00000544. The van der Waals surface area contributed by atoms with E-state index in [0.29, 0.717) is 0 Å². The van der Waals surface area contributed by atoms with E-state index in [2.05, 4.69) is 202 Å². The van der Waals surface area contributed by atoms with E-state index in [0.717, 1.165) is 76.3 Å². The molecule has 6 aromatic carbocycles. The fourth-order valence-corrected chi connectivity index (χ4v) is 8.57. The third kappa shape index (κ3) is 9.74. The van der Waals surface area contributed by atoms with E-state index < -0.39 is 5.41 Å². The number of hydrogen-bond acceptors (Lipinski definition) is 3. The fraction of sp³-hybridized carbons (Fsp3) is 0.136. The molecule has 63 heavy (non-hydrogen) atoms. The van der Waals surface area contributed by atoms with Gasteiger partial charge < -0.3 is 4.98 Å². The molecule has 0 bridgehead atoms. The molecule has 2 atom stereocenters. The average Bonchev–Trinajstić information content (AvgIpc) is 3.36. The summed E-state index contributed by atoms with van der Waals surface area (Å²) in [7, 11) is 0. The van der Waals surface area contributed by atoms with Gasteiger partial charge >= 0.3 is 20.1 Å². The minimum atomic E-state index is -0.393. The molecular formula is C59H48IrN3. The largest absolute Gasteiger partial charge is 3.00 e. The summed E-state index contributed by atoms with van der Waals surface area (Å²) < 4.78 is 0. The molecule has 3 aromatic heterocycles. The van der Waals surface area contributed by atoms with Crippen LogP contribution in [-0.2, 0) is 43.8 Å². The van der Waals surface area contributed by atoms with Crippen LogP contribution in [-0.4, -0.2) is 15.0 Å². The van der Waals surface area contributed by atoms with Crippen LogP contribution in [0.5, 0.6) is 0 Å². The van der Waals surface area contributed by atoms with E-state index in [1.165, 1.54) is 27.8 Å². The molecule has 0 fully saturated rings. The summed E-state index contributed by atoms with van der Waals surface area (Å²) in [4.78, 5) is 14.9. The van der Waals surface area contributed by atoms with Crippen LogP contribution in [0.25, 0.3) is 44.6 Å². The Morgan fingerprint density at radius 2 is 1.00 bits per heavy atom. The van der Waals surface area contributed by atoms with Crippen molar-refractivity contribution in [2.45, 2.75) is 50.4 Å². The molecule has 0 saturated heterocycles. The first-order chi connectivity index (χ1) is 30.4. The first kappa shape index (κ1) is 43.1. The number of aryl methyl sites for hydroxylation is 2. The van der Waals surface area contributed by atoms with Crippen molar-refractivity contribution in [3.63, 3.8) is 0 Å². The van der Waals surface area contributed by atoms with Gasteiger partial charge in [0.1, 0.15) is 0 Å². The predicted octanol–water partition coefficient (Wildman–Crippen LogP) is 13.8. The Morgan fingerprint density at radius 1 is 0.444 bits per heavy atom. The van der Waals surface area contributed by atoms with E-state index in [1.54, 1.807) is 0 Å². The van der Waals surface area contributed by atoms with Gasteiger partial charge in [-0.2, -0.15) is 60.2 Å². The number of aromatic nitrogens is 3. The van der Waals surface area contributed by atoms with Gasteiger partial charge in [0, 0.05) is 40.3 Å². The van der Waals surface area contributed by atoms with E-state index in [-0.39, 0.29) is 25.5 Å². The summed E-state index contributed by atoms with van der Waals surface area (Å²) in [5.41, 5.74) is 14.9. The zero-order valence-electron chi connectivity index (χ0n) is 35.6. The van der Waals surface area contributed by atoms with Gasteiger partial charge in [0.15, 0.2) is 0 Å². The average molecular weight is 991 g/mol. The number of hydrogen-bond donors (Lipinski definition) is 0. The van der Waals surface area contributed by atoms with Gasteiger partial charge in [0.05, 0.1) is 0 Å². The quantitative estimate of drug-likeness (QED) is 0.102. The van der Waals surface area contributed by atoms with Crippen molar-refractivity contribution in [1.29, 1.82) is 0 Å². The summed E-state index contributed by atoms with van der Waals surface area (Å²) in [6, 6.07) is 78.9. The van der Waals surface area contributed by atoms with Crippen molar-refractivity contribution in [3.05, 3.63) is 258 Å². The van der Waals surface area contributed by atoms with Crippen LogP contribution in [0.2, 0.25) is 0 Å². The van der Waals surface area contributed by atoms with E-state index in [9.17, 15) is 0 Å². The summed E-state index contributed by atoms with van der Waals surface area (Å²) in [6.45, 7) is 4.56. The smallest absolute Gasteiger partial charge is 0.301 e. The van der Waals surface area contributed by atoms with E-state index >= 15 is 0 Å². The van der Waals surface area contributed by atoms with E-state index in [1.807, 2.05) is 36.7 Å². The molecule has 0 aliphatic rings. The van der Waals surface area contributed by atoms with Crippen LogP contribution < -0.4 is 0 Å². The van der Waals surface area contributed by atoms with Crippen molar-refractivity contribution >= 4 is 0 Å². The Hall–Kier alpha value is -6.58. The minimum absolute atomic E-state index is 0. The molecule has 0 aliphatic carbocycles. The molecule has 0 N–H and O–H groups in total. The summed E-state index contributed by atoms with van der Waals surface area (Å²) in [6.07, 6.45) is 7.06. The SMILES string of the molecule is CC(CCc1[c-]c(-c2cccc(CCC(C)(c3[c-]cccc3)c3ccccn3)n2)ccc1)(c1[c-]ccc(-c2ccc(-c3ccc(-c4ccccc4)cc3)cc2)c1)c1ccccn1.[Ir+3]. The second-order valence-corrected chi connectivity index (χ2v) is 16.5. The number of pyridine rings is 3. The second-order valence-electron chi connectivity index (χ2n) is 16.5. The van der Waals surface area contributed by atoms with Gasteiger partial charge in [-0.05, 0) is 89.5 Å². The molecule has 3 nitrogen and oxygen atoms in total. The van der Waals surface area contributed by atoms with Crippen LogP contribution >= 0.6 is 0 Å². The van der Waals surface area contributed by atoms with Gasteiger partial charge in [-0.15, -0.1) is 46.5 Å². The fourth-order valence-electron chi connectivity index (χ4n) is 8.57. The van der Waals surface area contributed by atoms with Crippen molar-refractivity contribution in [2.24, 2.45) is 0 Å². The first-order valence-electron chi connectivity index (χ1n) is 21.5. The molecule has 9 rings (SSSR count). The van der Waals surface area contributed by atoms with E-state index in [4.69, 9.17) is 15.0 Å². The Morgan fingerprint density at radius 3 is 1.62 bits per heavy atom. The minimum Gasteiger partial charge on any atom is -0.301 e. The van der Waals surface area contributed by atoms with Gasteiger partial charge in [-0.25, -0.2) is 0 Å². The van der Waals surface area contributed by atoms with Crippen molar-refractivity contribution in [2.75, 3.05) is 0 Å². The molecule has 0 amide bonds. The molecule has 0 saturated carbocycles. The zero-order valence-corrected chi connectivity index (χ0v) is 38.0. The third-order valence-electron chi connectivity index (χ3n) is 12.4. The maximum atomic E-state index is 5.18. The number of nitrogens with zero attached hydrogens (tertiary/aromatic N) is 3. The molecular weight excluding hydrogens is 943 g/mol. The van der Waals surface area contributed by atoms with Crippen LogP contribution in [0, 0.1) is 18.2 Å². The molecule has 0 spiro atoms. The van der Waals surface area contributed by atoms with Gasteiger partial charge in [-0.3, -0.25) is 9.97 Å². The van der Waals surface area contributed by atoms with Gasteiger partial charge in [0.2, 0.25) is 0 Å². The molecule has 0 aliphatic heterocycles. The van der Waals surface area contributed by atoms with Crippen molar-refractivity contribution in [3.8, 4) is 44.6 Å². The van der Waals surface area contributed by atoms with Crippen molar-refractivity contribution < 1.29 is 20.1 Å². The predicted molar refractivity (Wildman–Crippen MR) is 253 cm³/mol. The van der Waals surface area contributed by atoms with Gasteiger partial charge in [-0.1, -0.05) is 117 Å². The Labute approximate surface area is 386 Å². The Bertz CT molecular complexity index is 2810. The number of benzene rings is 6.